The minimum absolute atomic E-state index is 0.129. The second-order valence-electron chi connectivity index (χ2n) is 6.98. The van der Waals surface area contributed by atoms with E-state index in [4.69, 9.17) is 16.3 Å². The molecule has 0 aliphatic heterocycles. The topological polar surface area (TPSA) is 21.3 Å². The summed E-state index contributed by atoms with van der Waals surface area (Å²) in [6.07, 6.45) is 4.56. The summed E-state index contributed by atoms with van der Waals surface area (Å²) in [5.74, 6) is 0. The first kappa shape index (κ1) is 16.8. The van der Waals surface area contributed by atoms with Gasteiger partial charge in [-0.2, -0.15) is 0 Å². The van der Waals surface area contributed by atoms with Gasteiger partial charge in [0, 0.05) is 12.1 Å². The van der Waals surface area contributed by atoms with Gasteiger partial charge in [-0.3, -0.25) is 0 Å². The molecule has 1 aliphatic carbocycles. The average molecular weight is 310 g/mol. The number of hydrogen-bond donors (Lipinski definition) is 1. The highest BCUT2D eigenvalue weighted by Crippen LogP contribution is 2.47. The van der Waals surface area contributed by atoms with E-state index in [0.717, 1.165) is 24.4 Å². The summed E-state index contributed by atoms with van der Waals surface area (Å²) in [6, 6.07) is 8.37. The number of rotatable bonds is 5. The van der Waals surface area contributed by atoms with Crippen LogP contribution in [-0.4, -0.2) is 19.3 Å². The molecule has 0 radical (unpaired) electrons. The molecular weight excluding hydrogens is 282 g/mol. The quantitative estimate of drug-likeness (QED) is 0.828. The predicted molar refractivity (Wildman–Crippen MR) is 89.9 cm³/mol. The third kappa shape index (κ3) is 3.80. The lowest BCUT2D eigenvalue weighted by atomic mass is 9.67. The van der Waals surface area contributed by atoms with Gasteiger partial charge in [0.2, 0.25) is 0 Å². The molecule has 1 aromatic carbocycles. The van der Waals surface area contributed by atoms with Crippen molar-refractivity contribution in [2.45, 2.75) is 58.1 Å². The lowest BCUT2D eigenvalue weighted by Gasteiger charge is -2.47. The molecule has 1 saturated carbocycles. The highest BCUT2D eigenvalue weighted by Gasteiger charge is 2.44. The highest BCUT2D eigenvalue weighted by molar-refractivity contribution is 6.30. The number of methoxy groups -OCH3 is 1. The van der Waals surface area contributed by atoms with E-state index in [0.29, 0.717) is 5.41 Å². The van der Waals surface area contributed by atoms with E-state index in [-0.39, 0.29) is 11.6 Å². The summed E-state index contributed by atoms with van der Waals surface area (Å²) < 4.78 is 6.08. The van der Waals surface area contributed by atoms with Crippen molar-refractivity contribution in [3.05, 3.63) is 34.9 Å². The standard InChI is InChI=1S/C18H28ClNO/c1-5-20-16(14-7-6-8-15(19)13-14)18(21-4)11-9-17(2,3)10-12-18/h6-8,13,16,20H,5,9-12H2,1-4H3. The fourth-order valence-corrected chi connectivity index (χ4v) is 3.66. The van der Waals surface area contributed by atoms with Gasteiger partial charge in [0.1, 0.15) is 0 Å². The van der Waals surface area contributed by atoms with E-state index >= 15 is 0 Å². The summed E-state index contributed by atoms with van der Waals surface area (Å²) in [5, 5.41) is 4.42. The maximum atomic E-state index is 6.19. The number of ether oxygens (including phenoxy) is 1. The maximum absolute atomic E-state index is 6.19. The number of benzene rings is 1. The molecule has 1 fully saturated rings. The van der Waals surface area contributed by atoms with E-state index in [2.05, 4.69) is 38.2 Å². The van der Waals surface area contributed by atoms with Crippen molar-refractivity contribution >= 4 is 11.6 Å². The van der Waals surface area contributed by atoms with Crippen LogP contribution in [0.5, 0.6) is 0 Å². The fraction of sp³-hybridized carbons (Fsp3) is 0.667. The van der Waals surface area contributed by atoms with Crippen LogP contribution in [0, 0.1) is 5.41 Å². The molecule has 0 heterocycles. The Morgan fingerprint density at radius 1 is 1.24 bits per heavy atom. The molecule has 0 aromatic heterocycles. The van der Waals surface area contributed by atoms with Crippen LogP contribution in [0.1, 0.15) is 58.1 Å². The molecule has 21 heavy (non-hydrogen) atoms. The Morgan fingerprint density at radius 3 is 2.43 bits per heavy atom. The van der Waals surface area contributed by atoms with Crippen LogP contribution < -0.4 is 5.32 Å². The normalized spacial score (nSPS) is 22.0. The molecule has 0 bridgehead atoms. The summed E-state index contributed by atoms with van der Waals surface area (Å²) in [5.41, 5.74) is 1.52. The molecule has 1 aromatic rings. The van der Waals surface area contributed by atoms with Gasteiger partial charge in [0.25, 0.3) is 0 Å². The Hall–Kier alpha value is -0.570. The highest BCUT2D eigenvalue weighted by atomic mass is 35.5. The molecule has 0 spiro atoms. The van der Waals surface area contributed by atoms with Gasteiger partial charge >= 0.3 is 0 Å². The Bertz CT molecular complexity index is 462. The van der Waals surface area contributed by atoms with Gasteiger partial charge in [-0.25, -0.2) is 0 Å². The molecule has 0 amide bonds. The van der Waals surface area contributed by atoms with Crippen LogP contribution in [0.3, 0.4) is 0 Å². The first-order valence-corrected chi connectivity index (χ1v) is 8.34. The molecule has 2 nitrogen and oxygen atoms in total. The van der Waals surface area contributed by atoms with Crippen LogP contribution >= 0.6 is 11.6 Å². The van der Waals surface area contributed by atoms with Gasteiger partial charge in [-0.1, -0.05) is 44.5 Å². The van der Waals surface area contributed by atoms with Crippen molar-refractivity contribution in [3.63, 3.8) is 0 Å². The van der Waals surface area contributed by atoms with Crippen molar-refractivity contribution in [1.29, 1.82) is 0 Å². The first-order chi connectivity index (χ1) is 9.92. The van der Waals surface area contributed by atoms with Gasteiger partial charge in [0.15, 0.2) is 0 Å². The van der Waals surface area contributed by atoms with Crippen molar-refractivity contribution in [2.24, 2.45) is 5.41 Å². The Balaban J connectivity index is 2.31. The van der Waals surface area contributed by atoms with Crippen molar-refractivity contribution in [2.75, 3.05) is 13.7 Å². The molecular formula is C18H28ClNO. The Labute approximate surface area is 134 Å². The maximum Gasteiger partial charge on any atom is 0.0872 e. The molecule has 3 heteroatoms. The second kappa shape index (κ2) is 6.68. The van der Waals surface area contributed by atoms with Crippen LogP contribution in [0.15, 0.2) is 24.3 Å². The zero-order valence-corrected chi connectivity index (χ0v) is 14.5. The zero-order valence-electron chi connectivity index (χ0n) is 13.7. The number of halogens is 1. The third-order valence-corrected chi connectivity index (χ3v) is 5.21. The van der Waals surface area contributed by atoms with Crippen LogP contribution in [0.2, 0.25) is 5.02 Å². The first-order valence-electron chi connectivity index (χ1n) is 7.96. The summed E-state index contributed by atoms with van der Waals surface area (Å²) >= 11 is 6.19. The molecule has 118 valence electrons. The zero-order chi connectivity index (χ0) is 15.5. The van der Waals surface area contributed by atoms with E-state index in [1.54, 1.807) is 0 Å². The van der Waals surface area contributed by atoms with Crippen molar-refractivity contribution in [3.8, 4) is 0 Å². The molecule has 1 aliphatic rings. The van der Waals surface area contributed by atoms with E-state index in [9.17, 15) is 0 Å². The smallest absolute Gasteiger partial charge is 0.0872 e. The van der Waals surface area contributed by atoms with Crippen LogP contribution in [0.25, 0.3) is 0 Å². The number of likely N-dealkylation sites (N-methyl/N-ethyl adjacent to an activating group) is 1. The predicted octanol–water partition coefficient (Wildman–Crippen LogP) is 4.98. The van der Waals surface area contributed by atoms with Gasteiger partial charge in [-0.15, -0.1) is 0 Å². The second-order valence-corrected chi connectivity index (χ2v) is 7.42. The van der Waals surface area contributed by atoms with E-state index < -0.39 is 0 Å². The average Bonchev–Trinajstić information content (AvgIpc) is 2.46. The van der Waals surface area contributed by atoms with Crippen LogP contribution in [0.4, 0.5) is 0 Å². The Morgan fingerprint density at radius 2 is 1.90 bits per heavy atom. The minimum atomic E-state index is -0.129. The number of nitrogens with one attached hydrogen (secondary N) is 1. The molecule has 2 rings (SSSR count). The van der Waals surface area contributed by atoms with E-state index in [1.165, 1.54) is 18.4 Å². The minimum Gasteiger partial charge on any atom is -0.376 e. The van der Waals surface area contributed by atoms with Gasteiger partial charge in [-0.05, 0) is 55.3 Å². The monoisotopic (exact) mass is 309 g/mol. The van der Waals surface area contributed by atoms with Crippen molar-refractivity contribution in [1.82, 2.24) is 5.32 Å². The lowest BCUT2D eigenvalue weighted by molar-refractivity contribution is -0.0873. The summed E-state index contributed by atoms with van der Waals surface area (Å²) in [4.78, 5) is 0. The van der Waals surface area contributed by atoms with Gasteiger partial charge in [0.05, 0.1) is 11.6 Å². The summed E-state index contributed by atoms with van der Waals surface area (Å²) in [6.45, 7) is 7.78. The SMILES string of the molecule is CCNC(c1cccc(Cl)c1)C1(OC)CCC(C)(C)CC1. The van der Waals surface area contributed by atoms with Crippen LogP contribution in [-0.2, 0) is 4.74 Å². The van der Waals surface area contributed by atoms with E-state index in [1.807, 2.05) is 19.2 Å². The van der Waals surface area contributed by atoms with Crippen molar-refractivity contribution < 1.29 is 4.74 Å². The number of hydrogen-bond acceptors (Lipinski definition) is 2. The molecule has 1 N–H and O–H groups in total. The third-order valence-electron chi connectivity index (χ3n) is 4.97. The molecule has 0 saturated heterocycles. The largest absolute Gasteiger partial charge is 0.376 e. The Kier molecular flexibility index (Phi) is 5.34. The lowest BCUT2D eigenvalue weighted by Crippen LogP contribution is -2.49. The summed E-state index contributed by atoms with van der Waals surface area (Å²) in [7, 11) is 1.85. The molecule has 1 atom stereocenters. The molecule has 1 unspecified atom stereocenters. The fourth-order valence-electron chi connectivity index (χ4n) is 3.46. The van der Waals surface area contributed by atoms with Gasteiger partial charge < -0.3 is 10.1 Å².